The number of carbonyl (C=O) groups excluding carboxylic acids is 5. The highest BCUT2D eigenvalue weighted by molar-refractivity contribution is 6.30. The zero-order valence-corrected chi connectivity index (χ0v) is 21.5. The van der Waals surface area contributed by atoms with E-state index < -0.39 is 59.6 Å². The fraction of sp³-hybridized carbons (Fsp3) is 0.522. The zero-order valence-electron chi connectivity index (χ0n) is 20.7. The zero-order chi connectivity index (χ0) is 27.1. The van der Waals surface area contributed by atoms with Crippen molar-refractivity contribution in [2.75, 3.05) is 27.3 Å². The van der Waals surface area contributed by atoms with Gasteiger partial charge in [-0.1, -0.05) is 23.7 Å². The number of benzene rings is 1. The largest absolute Gasteiger partial charge is 0.468 e. The Balaban J connectivity index is 2.32. The SMILES string of the molecule is COC(=O)CNC(=O)[C@H]1C[C@@](NC(=O)CNC(=O)OC(C)(C)C)(C(=O)OC)[C@@H](c2ccc(Cl)cc2)N1. The number of alkyl carbamates (subject to hydrolysis) is 1. The third-order valence-electron chi connectivity index (χ3n) is 5.25. The van der Waals surface area contributed by atoms with E-state index >= 15 is 0 Å². The lowest BCUT2D eigenvalue weighted by atomic mass is 9.84. The number of halogens is 1. The molecule has 13 heteroatoms. The maximum absolute atomic E-state index is 13.1. The number of ether oxygens (including phenoxy) is 3. The third-order valence-corrected chi connectivity index (χ3v) is 5.50. The molecule has 1 fully saturated rings. The van der Waals surface area contributed by atoms with E-state index in [1.807, 2.05) is 0 Å². The van der Waals surface area contributed by atoms with Crippen LogP contribution in [0.1, 0.15) is 38.8 Å². The van der Waals surface area contributed by atoms with Crippen LogP contribution in [0.4, 0.5) is 4.79 Å². The van der Waals surface area contributed by atoms with Gasteiger partial charge in [-0.2, -0.15) is 0 Å². The van der Waals surface area contributed by atoms with Crippen molar-refractivity contribution in [3.63, 3.8) is 0 Å². The molecule has 1 aliphatic heterocycles. The van der Waals surface area contributed by atoms with Crippen LogP contribution in [0.2, 0.25) is 5.02 Å². The van der Waals surface area contributed by atoms with Gasteiger partial charge in [0, 0.05) is 11.4 Å². The third kappa shape index (κ3) is 7.56. The Hall–Kier alpha value is -3.38. The molecule has 2 rings (SSSR count). The molecule has 0 aromatic heterocycles. The van der Waals surface area contributed by atoms with E-state index in [2.05, 4.69) is 26.0 Å². The van der Waals surface area contributed by atoms with E-state index in [9.17, 15) is 24.0 Å². The number of rotatable bonds is 8. The topological polar surface area (TPSA) is 161 Å². The summed E-state index contributed by atoms with van der Waals surface area (Å²) in [5, 5.41) is 10.9. The van der Waals surface area contributed by atoms with Gasteiger partial charge in [0.05, 0.1) is 26.3 Å². The quantitative estimate of drug-likeness (QED) is 0.280. The second-order valence-electron chi connectivity index (χ2n) is 9.07. The Morgan fingerprint density at radius 1 is 1.03 bits per heavy atom. The van der Waals surface area contributed by atoms with Crippen molar-refractivity contribution in [2.24, 2.45) is 0 Å². The van der Waals surface area contributed by atoms with Gasteiger partial charge >= 0.3 is 18.0 Å². The minimum Gasteiger partial charge on any atom is -0.468 e. The maximum Gasteiger partial charge on any atom is 0.408 e. The first-order chi connectivity index (χ1) is 16.8. The molecule has 3 atom stereocenters. The van der Waals surface area contributed by atoms with Crippen LogP contribution in [-0.4, -0.2) is 74.3 Å². The van der Waals surface area contributed by atoms with Gasteiger partial charge in [0.2, 0.25) is 11.8 Å². The predicted molar refractivity (Wildman–Crippen MR) is 128 cm³/mol. The number of amides is 3. The molecule has 1 heterocycles. The highest BCUT2D eigenvalue weighted by Gasteiger charge is 2.56. The van der Waals surface area contributed by atoms with Crippen molar-refractivity contribution in [1.29, 1.82) is 0 Å². The molecular weight excluding hydrogens is 496 g/mol. The molecule has 0 bridgehead atoms. The lowest BCUT2D eigenvalue weighted by Gasteiger charge is -2.33. The maximum atomic E-state index is 13.1. The summed E-state index contributed by atoms with van der Waals surface area (Å²) in [5.74, 6) is -2.78. The van der Waals surface area contributed by atoms with Crippen molar-refractivity contribution in [1.82, 2.24) is 21.3 Å². The number of methoxy groups -OCH3 is 2. The van der Waals surface area contributed by atoms with E-state index in [-0.39, 0.29) is 13.0 Å². The molecule has 12 nitrogen and oxygen atoms in total. The van der Waals surface area contributed by atoms with Gasteiger partial charge in [-0.05, 0) is 38.5 Å². The molecule has 0 spiro atoms. The molecule has 3 amide bonds. The van der Waals surface area contributed by atoms with E-state index in [1.165, 1.54) is 7.11 Å². The van der Waals surface area contributed by atoms with Crippen LogP contribution in [-0.2, 0) is 33.4 Å². The summed E-state index contributed by atoms with van der Waals surface area (Å²) < 4.78 is 14.7. The van der Waals surface area contributed by atoms with Gasteiger partial charge < -0.3 is 30.2 Å². The Morgan fingerprint density at radius 2 is 1.67 bits per heavy atom. The summed E-state index contributed by atoms with van der Waals surface area (Å²) in [6.45, 7) is 4.14. The molecule has 1 aromatic carbocycles. The van der Waals surface area contributed by atoms with Crippen LogP contribution >= 0.6 is 11.6 Å². The standard InChI is InChI=1S/C23H31ClN4O8/c1-22(2,3)36-21(33)26-11-16(29)28-23(20(32)35-5)10-15(19(31)25-12-17(30)34-4)27-18(23)13-6-8-14(24)9-7-13/h6-9,15,18,27H,10-12H2,1-5H3,(H,25,31)(H,26,33)(H,28,29)/t15-,18-,23+/m1/s1. The van der Waals surface area contributed by atoms with Crippen LogP contribution in [0, 0.1) is 0 Å². The van der Waals surface area contributed by atoms with Crippen LogP contribution < -0.4 is 21.3 Å². The van der Waals surface area contributed by atoms with Crippen molar-refractivity contribution in [3.05, 3.63) is 34.9 Å². The second kappa shape index (κ2) is 12.0. The fourth-order valence-corrected chi connectivity index (χ4v) is 3.84. The molecular formula is C23H31ClN4O8. The summed E-state index contributed by atoms with van der Waals surface area (Å²) >= 11 is 6.00. The predicted octanol–water partition coefficient (Wildman–Crippen LogP) is 0.585. The van der Waals surface area contributed by atoms with Crippen molar-refractivity contribution >= 4 is 41.4 Å². The van der Waals surface area contributed by atoms with E-state index in [0.29, 0.717) is 10.6 Å². The molecule has 198 valence electrons. The number of nitrogens with one attached hydrogen (secondary N) is 4. The number of hydrogen-bond acceptors (Lipinski definition) is 9. The minimum absolute atomic E-state index is 0.210. The van der Waals surface area contributed by atoms with Gasteiger partial charge in [0.1, 0.15) is 18.7 Å². The molecule has 0 aliphatic carbocycles. The second-order valence-corrected chi connectivity index (χ2v) is 9.50. The smallest absolute Gasteiger partial charge is 0.408 e. The Labute approximate surface area is 213 Å². The highest BCUT2D eigenvalue weighted by atomic mass is 35.5. The number of carbonyl (C=O) groups is 5. The van der Waals surface area contributed by atoms with Crippen molar-refractivity contribution in [3.8, 4) is 0 Å². The normalized spacial score (nSPS) is 21.2. The molecule has 0 unspecified atom stereocenters. The summed E-state index contributed by atoms with van der Waals surface area (Å²) in [7, 11) is 2.33. The molecule has 4 N–H and O–H groups in total. The Bertz CT molecular complexity index is 995. The summed E-state index contributed by atoms with van der Waals surface area (Å²) in [6.07, 6.45) is -1.03. The average Bonchev–Trinajstić information content (AvgIpc) is 3.20. The van der Waals surface area contributed by atoms with Crippen LogP contribution in [0.15, 0.2) is 24.3 Å². The first kappa shape index (κ1) is 28.9. The molecule has 1 saturated heterocycles. The van der Waals surface area contributed by atoms with Gasteiger partial charge in [-0.3, -0.25) is 19.7 Å². The van der Waals surface area contributed by atoms with E-state index in [1.54, 1.807) is 45.0 Å². The summed E-state index contributed by atoms with van der Waals surface area (Å²) in [5.41, 5.74) is -1.97. The van der Waals surface area contributed by atoms with Crippen molar-refractivity contribution in [2.45, 2.75) is 50.4 Å². The molecule has 1 aliphatic rings. The van der Waals surface area contributed by atoms with Gasteiger partial charge in [-0.15, -0.1) is 0 Å². The molecule has 0 saturated carbocycles. The van der Waals surface area contributed by atoms with Crippen LogP contribution in [0.3, 0.4) is 0 Å². The van der Waals surface area contributed by atoms with Gasteiger partial charge in [-0.25, -0.2) is 9.59 Å². The van der Waals surface area contributed by atoms with Crippen LogP contribution in [0.25, 0.3) is 0 Å². The molecule has 36 heavy (non-hydrogen) atoms. The van der Waals surface area contributed by atoms with Crippen LogP contribution in [0.5, 0.6) is 0 Å². The first-order valence-corrected chi connectivity index (χ1v) is 11.4. The number of esters is 2. The van der Waals surface area contributed by atoms with E-state index in [4.69, 9.17) is 21.1 Å². The summed E-state index contributed by atoms with van der Waals surface area (Å²) in [4.78, 5) is 62.2. The highest BCUT2D eigenvalue weighted by Crippen LogP contribution is 2.38. The fourth-order valence-electron chi connectivity index (χ4n) is 3.72. The molecule has 0 radical (unpaired) electrons. The Morgan fingerprint density at radius 3 is 2.22 bits per heavy atom. The monoisotopic (exact) mass is 526 g/mol. The lowest BCUT2D eigenvalue weighted by molar-refractivity contribution is -0.151. The van der Waals surface area contributed by atoms with Gasteiger partial charge in [0.15, 0.2) is 5.54 Å². The lowest BCUT2D eigenvalue weighted by Crippen LogP contribution is -2.59. The van der Waals surface area contributed by atoms with Crippen molar-refractivity contribution < 1.29 is 38.2 Å². The van der Waals surface area contributed by atoms with Gasteiger partial charge in [0.25, 0.3) is 0 Å². The molecule has 1 aromatic rings. The first-order valence-electron chi connectivity index (χ1n) is 11.0. The Kier molecular flexibility index (Phi) is 9.65. The average molecular weight is 527 g/mol. The minimum atomic E-state index is -1.73. The number of hydrogen-bond donors (Lipinski definition) is 4. The summed E-state index contributed by atoms with van der Waals surface area (Å²) in [6, 6.07) is 4.55. The van der Waals surface area contributed by atoms with E-state index in [0.717, 1.165) is 7.11 Å².